The lowest BCUT2D eigenvalue weighted by atomic mass is 10.3. The molecule has 0 aliphatic carbocycles. The summed E-state index contributed by atoms with van der Waals surface area (Å²) in [5, 5.41) is 19.6. The molecule has 3 nitrogen and oxygen atoms in total. The summed E-state index contributed by atoms with van der Waals surface area (Å²) in [6.45, 7) is 1.59. The van der Waals surface area contributed by atoms with Crippen molar-refractivity contribution >= 4 is 11.6 Å². The van der Waals surface area contributed by atoms with E-state index in [-0.39, 0.29) is 5.56 Å². The molecule has 0 bridgehead atoms. The van der Waals surface area contributed by atoms with Crippen LogP contribution in [0.3, 0.4) is 0 Å². The predicted octanol–water partition coefficient (Wildman–Crippen LogP) is 1.15. The smallest absolute Gasteiger partial charge is 0.208 e. The predicted molar refractivity (Wildman–Crippen MR) is 39.9 cm³/mol. The van der Waals surface area contributed by atoms with Crippen molar-refractivity contribution in [2.45, 2.75) is 6.92 Å². The van der Waals surface area contributed by atoms with Crippen molar-refractivity contribution in [1.29, 1.82) is 5.26 Å². The third kappa shape index (κ3) is 1.41. The standard InChI is InChI=1S/C7H5ClN2O/c1-5-7(8)2-6(3-9)4-10(5)11/h2,4H,1H3. The van der Waals surface area contributed by atoms with Gasteiger partial charge in [0, 0.05) is 6.92 Å². The summed E-state index contributed by atoms with van der Waals surface area (Å²) in [4.78, 5) is 0. The zero-order chi connectivity index (χ0) is 8.43. The summed E-state index contributed by atoms with van der Waals surface area (Å²) in [6, 6.07) is 3.29. The van der Waals surface area contributed by atoms with Gasteiger partial charge in [0.1, 0.15) is 16.7 Å². The van der Waals surface area contributed by atoms with E-state index in [0.717, 1.165) is 0 Å². The molecule has 0 amide bonds. The van der Waals surface area contributed by atoms with Crippen molar-refractivity contribution in [3.8, 4) is 6.07 Å². The molecule has 0 unspecified atom stereocenters. The molecule has 0 fully saturated rings. The monoisotopic (exact) mass is 168 g/mol. The molecule has 0 saturated carbocycles. The van der Waals surface area contributed by atoms with Gasteiger partial charge in [-0.1, -0.05) is 11.6 Å². The summed E-state index contributed by atoms with van der Waals surface area (Å²) in [6.07, 6.45) is 1.20. The Morgan fingerprint density at radius 3 is 2.82 bits per heavy atom. The molecule has 1 rings (SSSR count). The lowest BCUT2D eigenvalue weighted by Gasteiger charge is -2.00. The number of aromatic nitrogens is 1. The highest BCUT2D eigenvalue weighted by molar-refractivity contribution is 6.31. The molecule has 1 heterocycles. The van der Waals surface area contributed by atoms with E-state index in [2.05, 4.69) is 0 Å². The van der Waals surface area contributed by atoms with Crippen LogP contribution in [-0.2, 0) is 0 Å². The lowest BCUT2D eigenvalue weighted by Crippen LogP contribution is -2.30. The second kappa shape index (κ2) is 2.77. The summed E-state index contributed by atoms with van der Waals surface area (Å²) in [5.74, 6) is 0. The van der Waals surface area contributed by atoms with Crippen molar-refractivity contribution < 1.29 is 4.73 Å². The highest BCUT2D eigenvalue weighted by Gasteiger charge is 2.06. The molecule has 0 radical (unpaired) electrons. The maximum absolute atomic E-state index is 10.9. The molecular formula is C7H5ClN2O. The fourth-order valence-electron chi connectivity index (χ4n) is 0.668. The highest BCUT2D eigenvalue weighted by Crippen LogP contribution is 2.11. The van der Waals surface area contributed by atoms with Crippen LogP contribution in [0.2, 0.25) is 5.02 Å². The molecule has 0 spiro atoms. The first-order valence-corrected chi connectivity index (χ1v) is 3.32. The summed E-state index contributed by atoms with van der Waals surface area (Å²) in [7, 11) is 0. The van der Waals surface area contributed by atoms with Gasteiger partial charge in [0.2, 0.25) is 5.69 Å². The van der Waals surface area contributed by atoms with Gasteiger partial charge in [-0.15, -0.1) is 0 Å². The maximum Gasteiger partial charge on any atom is 0.208 e. The first kappa shape index (κ1) is 7.83. The molecule has 56 valence electrons. The van der Waals surface area contributed by atoms with E-state index in [9.17, 15) is 5.21 Å². The first-order chi connectivity index (χ1) is 5.15. The lowest BCUT2D eigenvalue weighted by molar-refractivity contribution is -0.612. The van der Waals surface area contributed by atoms with Crippen molar-refractivity contribution in [3.05, 3.63) is 33.8 Å². The Morgan fingerprint density at radius 1 is 1.73 bits per heavy atom. The van der Waals surface area contributed by atoms with Crippen LogP contribution in [0.25, 0.3) is 0 Å². The third-order valence-electron chi connectivity index (χ3n) is 1.34. The van der Waals surface area contributed by atoms with E-state index in [1.165, 1.54) is 12.3 Å². The Morgan fingerprint density at radius 2 is 2.36 bits per heavy atom. The zero-order valence-electron chi connectivity index (χ0n) is 5.84. The van der Waals surface area contributed by atoms with Crippen LogP contribution in [0, 0.1) is 23.5 Å². The van der Waals surface area contributed by atoms with Gasteiger partial charge < -0.3 is 5.21 Å². The van der Waals surface area contributed by atoms with E-state index >= 15 is 0 Å². The van der Waals surface area contributed by atoms with Gasteiger partial charge >= 0.3 is 0 Å². The van der Waals surface area contributed by atoms with E-state index in [4.69, 9.17) is 16.9 Å². The van der Waals surface area contributed by atoms with Gasteiger partial charge in [0.05, 0.1) is 0 Å². The molecule has 11 heavy (non-hydrogen) atoms. The van der Waals surface area contributed by atoms with Crippen LogP contribution in [0.5, 0.6) is 0 Å². The SMILES string of the molecule is Cc1c(Cl)cc(C#N)c[n+]1[O-]. The Labute approximate surface area is 69.0 Å². The van der Waals surface area contributed by atoms with Crippen LogP contribution in [0.1, 0.15) is 11.3 Å². The van der Waals surface area contributed by atoms with E-state index in [0.29, 0.717) is 15.4 Å². The zero-order valence-corrected chi connectivity index (χ0v) is 6.59. The van der Waals surface area contributed by atoms with E-state index < -0.39 is 0 Å². The van der Waals surface area contributed by atoms with Gasteiger partial charge in [-0.3, -0.25) is 0 Å². The number of pyridine rings is 1. The first-order valence-electron chi connectivity index (χ1n) is 2.94. The third-order valence-corrected chi connectivity index (χ3v) is 1.73. The molecule has 0 aliphatic rings. The number of nitrogens with zero attached hydrogens (tertiary/aromatic N) is 2. The van der Waals surface area contributed by atoms with Crippen LogP contribution in [-0.4, -0.2) is 0 Å². The van der Waals surface area contributed by atoms with E-state index in [1.807, 2.05) is 6.07 Å². The molecule has 0 atom stereocenters. The topological polar surface area (TPSA) is 50.7 Å². The number of hydrogen-bond donors (Lipinski definition) is 0. The number of halogens is 1. The average molecular weight is 169 g/mol. The molecule has 0 aromatic carbocycles. The van der Waals surface area contributed by atoms with Crippen LogP contribution in [0.15, 0.2) is 12.3 Å². The maximum atomic E-state index is 10.9. The molecule has 0 saturated heterocycles. The van der Waals surface area contributed by atoms with Crippen LogP contribution < -0.4 is 4.73 Å². The normalized spacial score (nSPS) is 9.18. The van der Waals surface area contributed by atoms with E-state index in [1.54, 1.807) is 6.92 Å². The molecule has 1 aromatic heterocycles. The van der Waals surface area contributed by atoms with Gasteiger partial charge in [-0.05, 0) is 6.07 Å². The summed E-state index contributed by atoms with van der Waals surface area (Å²) >= 11 is 5.63. The Bertz CT molecular complexity index is 307. The van der Waals surface area contributed by atoms with Gasteiger partial charge in [-0.2, -0.15) is 9.99 Å². The summed E-state index contributed by atoms with van der Waals surface area (Å²) < 4.78 is 0.584. The number of nitriles is 1. The minimum atomic E-state index is 0.274. The van der Waals surface area contributed by atoms with Gasteiger partial charge in [0.15, 0.2) is 6.20 Å². The quantitative estimate of drug-likeness (QED) is 0.431. The van der Waals surface area contributed by atoms with Gasteiger partial charge in [-0.25, -0.2) is 0 Å². The molecule has 0 aliphatic heterocycles. The molecule has 1 aromatic rings. The number of rotatable bonds is 0. The summed E-state index contributed by atoms with van der Waals surface area (Å²) in [5.41, 5.74) is 0.682. The fraction of sp³-hybridized carbons (Fsp3) is 0.143. The van der Waals surface area contributed by atoms with Crippen molar-refractivity contribution in [3.63, 3.8) is 0 Å². The minimum absolute atomic E-state index is 0.274. The Balaban J connectivity index is 3.35. The van der Waals surface area contributed by atoms with Gasteiger partial charge in [0.25, 0.3) is 0 Å². The molecule has 4 heteroatoms. The van der Waals surface area contributed by atoms with Crippen LogP contribution >= 0.6 is 11.6 Å². The Kier molecular flexibility index (Phi) is 1.97. The Hall–Kier alpha value is -1.27. The van der Waals surface area contributed by atoms with Crippen molar-refractivity contribution in [1.82, 2.24) is 0 Å². The highest BCUT2D eigenvalue weighted by atomic mass is 35.5. The van der Waals surface area contributed by atoms with Crippen LogP contribution in [0.4, 0.5) is 0 Å². The second-order valence-electron chi connectivity index (χ2n) is 2.10. The molecular weight excluding hydrogens is 164 g/mol. The minimum Gasteiger partial charge on any atom is -0.618 e. The van der Waals surface area contributed by atoms with Crippen molar-refractivity contribution in [2.24, 2.45) is 0 Å². The average Bonchev–Trinajstić information content (AvgIpc) is 1.99. The largest absolute Gasteiger partial charge is 0.618 e. The van der Waals surface area contributed by atoms with Crippen molar-refractivity contribution in [2.75, 3.05) is 0 Å². The second-order valence-corrected chi connectivity index (χ2v) is 2.51. The number of hydrogen-bond acceptors (Lipinski definition) is 2. The fourth-order valence-corrected chi connectivity index (χ4v) is 0.869. The molecule has 0 N–H and O–H groups in total.